The third-order valence-electron chi connectivity index (χ3n) is 3.66. The molecule has 0 aromatic heterocycles. The summed E-state index contributed by atoms with van der Waals surface area (Å²) in [4.78, 5) is 13.6. The van der Waals surface area contributed by atoms with Crippen LogP contribution < -0.4 is 10.1 Å². The van der Waals surface area contributed by atoms with Gasteiger partial charge in [0.2, 0.25) is 5.91 Å². The normalized spacial score (nSPS) is 13.9. The van der Waals surface area contributed by atoms with Crippen molar-refractivity contribution in [3.8, 4) is 5.75 Å². The molecule has 0 spiro atoms. The first-order valence-electron chi connectivity index (χ1n) is 7.63. The number of anilines is 1. The van der Waals surface area contributed by atoms with Crippen LogP contribution in [0.15, 0.2) is 18.2 Å². The molecule has 0 atom stereocenters. The van der Waals surface area contributed by atoms with Crippen LogP contribution in [-0.2, 0) is 11.2 Å². The molecule has 0 radical (unpaired) electrons. The third-order valence-corrected chi connectivity index (χ3v) is 4.00. The second kappa shape index (κ2) is 9.23. The first-order chi connectivity index (χ1) is 10.7. The molecule has 4 nitrogen and oxygen atoms in total. The van der Waals surface area contributed by atoms with Crippen molar-refractivity contribution in [1.82, 2.24) is 4.90 Å². The quantitative estimate of drug-likeness (QED) is 0.552. The predicted octanol–water partition coefficient (Wildman–Crippen LogP) is 3.12. The number of carbonyl (C=O) groups excluding carboxylic acids is 1. The topological polar surface area (TPSA) is 41.6 Å². The molecule has 0 saturated heterocycles. The first-order valence-corrected chi connectivity index (χ1v) is 8.69. The van der Waals surface area contributed by atoms with Crippen LogP contribution in [-0.4, -0.2) is 48.8 Å². The fraction of sp³-hybridized carbons (Fsp3) is 0.562. The lowest BCUT2D eigenvalue weighted by Crippen LogP contribution is -2.29. The monoisotopic (exact) mass is 344 g/mol. The van der Waals surface area contributed by atoms with E-state index < -0.39 is 0 Å². The average Bonchev–Trinajstić information content (AvgIpc) is 2.52. The SMILES string of the molecule is O=C1CCc2cc(OCCCN(CCCl)CCCl)ccc2N1. The van der Waals surface area contributed by atoms with Gasteiger partial charge in [-0.15, -0.1) is 23.2 Å². The Morgan fingerprint density at radius 3 is 2.64 bits per heavy atom. The van der Waals surface area contributed by atoms with E-state index in [4.69, 9.17) is 27.9 Å². The summed E-state index contributed by atoms with van der Waals surface area (Å²) in [5.41, 5.74) is 2.04. The molecule has 122 valence electrons. The van der Waals surface area contributed by atoms with Gasteiger partial charge in [-0.25, -0.2) is 0 Å². The van der Waals surface area contributed by atoms with Crippen molar-refractivity contribution in [3.63, 3.8) is 0 Å². The van der Waals surface area contributed by atoms with Gasteiger partial charge in [0.05, 0.1) is 6.61 Å². The number of benzene rings is 1. The number of carbonyl (C=O) groups is 1. The number of hydrogen-bond donors (Lipinski definition) is 1. The van der Waals surface area contributed by atoms with Gasteiger partial charge in [-0.1, -0.05) is 0 Å². The van der Waals surface area contributed by atoms with Crippen molar-refractivity contribution < 1.29 is 9.53 Å². The largest absolute Gasteiger partial charge is 0.494 e. The molecule has 22 heavy (non-hydrogen) atoms. The number of hydrogen-bond acceptors (Lipinski definition) is 3. The molecule has 6 heteroatoms. The van der Waals surface area contributed by atoms with Gasteiger partial charge < -0.3 is 15.0 Å². The van der Waals surface area contributed by atoms with Gasteiger partial charge in [0.25, 0.3) is 0 Å². The molecule has 1 aliphatic rings. The standard InChI is InChI=1S/C16H22Cl2N2O2/c17-6-9-20(10-7-18)8-1-11-22-14-3-4-15-13(12-14)2-5-16(21)19-15/h3-4,12H,1-2,5-11H2,(H,19,21). The summed E-state index contributed by atoms with van der Waals surface area (Å²) in [5, 5.41) is 2.87. The molecular weight excluding hydrogens is 323 g/mol. The summed E-state index contributed by atoms with van der Waals surface area (Å²) in [5.74, 6) is 2.18. The third kappa shape index (κ3) is 5.34. The predicted molar refractivity (Wildman–Crippen MR) is 91.4 cm³/mol. The van der Waals surface area contributed by atoms with Crippen molar-refractivity contribution in [2.24, 2.45) is 0 Å². The van der Waals surface area contributed by atoms with E-state index in [9.17, 15) is 4.79 Å². The molecule has 0 fully saturated rings. The Hall–Kier alpha value is -0.970. The van der Waals surface area contributed by atoms with Gasteiger partial charge in [0, 0.05) is 43.5 Å². The summed E-state index contributed by atoms with van der Waals surface area (Å²) < 4.78 is 5.80. The van der Waals surface area contributed by atoms with Crippen LogP contribution in [0.25, 0.3) is 0 Å². The summed E-state index contributed by atoms with van der Waals surface area (Å²) in [6.07, 6.45) is 2.25. The van der Waals surface area contributed by atoms with Gasteiger partial charge in [0.1, 0.15) is 5.75 Å². The van der Waals surface area contributed by atoms with Crippen LogP contribution in [0.3, 0.4) is 0 Å². The highest BCUT2D eigenvalue weighted by Gasteiger charge is 2.14. The average molecular weight is 345 g/mol. The molecule has 1 aliphatic heterocycles. The van der Waals surface area contributed by atoms with Crippen molar-refractivity contribution in [2.75, 3.05) is 43.3 Å². The van der Waals surface area contributed by atoms with Crippen LogP contribution in [0, 0.1) is 0 Å². The van der Waals surface area contributed by atoms with Crippen LogP contribution in [0.2, 0.25) is 0 Å². The Morgan fingerprint density at radius 1 is 1.14 bits per heavy atom. The van der Waals surface area contributed by atoms with E-state index in [1.807, 2.05) is 18.2 Å². The number of aryl methyl sites for hydroxylation is 1. The maximum absolute atomic E-state index is 11.3. The number of ether oxygens (including phenoxy) is 1. The molecule has 1 aromatic rings. The fourth-order valence-corrected chi connectivity index (χ4v) is 2.98. The lowest BCUT2D eigenvalue weighted by atomic mass is 10.0. The molecule has 0 saturated carbocycles. The van der Waals surface area contributed by atoms with Gasteiger partial charge in [-0.05, 0) is 36.6 Å². The summed E-state index contributed by atoms with van der Waals surface area (Å²) in [6.45, 7) is 3.30. The highest BCUT2D eigenvalue weighted by atomic mass is 35.5. The molecule has 1 heterocycles. The van der Waals surface area contributed by atoms with Crippen LogP contribution >= 0.6 is 23.2 Å². The zero-order chi connectivity index (χ0) is 15.8. The molecular formula is C16H22Cl2N2O2. The lowest BCUT2D eigenvalue weighted by molar-refractivity contribution is -0.116. The van der Waals surface area contributed by atoms with E-state index in [2.05, 4.69) is 10.2 Å². The Morgan fingerprint density at radius 2 is 1.91 bits per heavy atom. The maximum atomic E-state index is 11.3. The number of nitrogens with zero attached hydrogens (tertiary/aromatic N) is 1. The summed E-state index contributed by atoms with van der Waals surface area (Å²) in [6, 6.07) is 5.83. The van der Waals surface area contributed by atoms with Gasteiger partial charge in [-0.2, -0.15) is 0 Å². The summed E-state index contributed by atoms with van der Waals surface area (Å²) >= 11 is 11.5. The number of amides is 1. The molecule has 2 rings (SSSR count). The molecule has 1 aromatic carbocycles. The summed E-state index contributed by atoms with van der Waals surface area (Å²) in [7, 11) is 0. The smallest absolute Gasteiger partial charge is 0.224 e. The van der Waals surface area contributed by atoms with E-state index in [-0.39, 0.29) is 5.91 Å². The lowest BCUT2D eigenvalue weighted by Gasteiger charge is -2.20. The minimum Gasteiger partial charge on any atom is -0.494 e. The van der Waals surface area contributed by atoms with Crippen molar-refractivity contribution in [3.05, 3.63) is 23.8 Å². The zero-order valence-electron chi connectivity index (χ0n) is 12.6. The highest BCUT2D eigenvalue weighted by molar-refractivity contribution is 6.18. The van der Waals surface area contributed by atoms with Crippen molar-refractivity contribution in [1.29, 1.82) is 0 Å². The van der Waals surface area contributed by atoms with Crippen LogP contribution in [0.1, 0.15) is 18.4 Å². The molecule has 0 aliphatic carbocycles. The first kappa shape index (κ1) is 17.4. The van der Waals surface area contributed by atoms with E-state index in [1.165, 1.54) is 0 Å². The number of alkyl halides is 2. The second-order valence-corrected chi connectivity index (χ2v) is 6.04. The van der Waals surface area contributed by atoms with Crippen molar-refractivity contribution >= 4 is 34.8 Å². The Labute approximate surface area is 141 Å². The fourth-order valence-electron chi connectivity index (χ4n) is 2.50. The van der Waals surface area contributed by atoms with E-state index >= 15 is 0 Å². The van der Waals surface area contributed by atoms with Gasteiger partial charge in [0.15, 0.2) is 0 Å². The molecule has 1 N–H and O–H groups in total. The van der Waals surface area contributed by atoms with E-state index in [1.54, 1.807) is 0 Å². The minimum absolute atomic E-state index is 0.0832. The molecule has 1 amide bonds. The minimum atomic E-state index is 0.0832. The number of halogens is 2. The highest BCUT2D eigenvalue weighted by Crippen LogP contribution is 2.26. The van der Waals surface area contributed by atoms with E-state index in [0.29, 0.717) is 24.8 Å². The van der Waals surface area contributed by atoms with Crippen LogP contribution in [0.5, 0.6) is 5.75 Å². The maximum Gasteiger partial charge on any atom is 0.224 e. The number of rotatable bonds is 9. The Kier molecular flexibility index (Phi) is 7.30. The Bertz CT molecular complexity index is 491. The zero-order valence-corrected chi connectivity index (χ0v) is 14.1. The van der Waals surface area contributed by atoms with Crippen LogP contribution in [0.4, 0.5) is 5.69 Å². The Balaban J connectivity index is 1.76. The second-order valence-electron chi connectivity index (χ2n) is 5.29. The molecule has 0 unspecified atom stereocenters. The molecule has 0 bridgehead atoms. The van der Waals surface area contributed by atoms with Gasteiger partial charge in [-0.3, -0.25) is 4.79 Å². The number of nitrogens with one attached hydrogen (secondary N) is 1. The van der Waals surface area contributed by atoms with Crippen molar-refractivity contribution in [2.45, 2.75) is 19.3 Å². The van der Waals surface area contributed by atoms with E-state index in [0.717, 1.165) is 49.5 Å². The number of fused-ring (bicyclic) bond motifs is 1. The van der Waals surface area contributed by atoms with Gasteiger partial charge >= 0.3 is 0 Å².